The van der Waals surface area contributed by atoms with Gasteiger partial charge in [0.05, 0.1) is 35.9 Å². The molecule has 0 aliphatic carbocycles. The number of hydrogen-bond donors (Lipinski definition) is 1. The molecule has 1 N–H and O–H groups in total. The van der Waals surface area contributed by atoms with Gasteiger partial charge >= 0.3 is 0 Å². The van der Waals surface area contributed by atoms with Gasteiger partial charge < -0.3 is 10.1 Å². The third kappa shape index (κ3) is 4.39. The summed E-state index contributed by atoms with van der Waals surface area (Å²) in [7, 11) is 0. The molecule has 1 aliphatic heterocycles. The molecule has 3 aromatic rings. The monoisotopic (exact) mass is 390 g/mol. The topological polar surface area (TPSA) is 59.4 Å². The Bertz CT molecular complexity index is 991. The van der Waals surface area contributed by atoms with Gasteiger partial charge in [-0.1, -0.05) is 30.3 Å². The predicted molar refractivity (Wildman–Crippen MR) is 114 cm³/mol. The minimum absolute atomic E-state index is 0.134. The summed E-state index contributed by atoms with van der Waals surface area (Å²) in [5, 5.41) is 7.62. The number of morpholine rings is 1. The molecule has 6 nitrogen and oxygen atoms in total. The summed E-state index contributed by atoms with van der Waals surface area (Å²) in [5.41, 5.74) is 5.08. The van der Waals surface area contributed by atoms with Gasteiger partial charge in [-0.15, -0.1) is 0 Å². The van der Waals surface area contributed by atoms with E-state index in [0.717, 1.165) is 49.9 Å². The van der Waals surface area contributed by atoms with Crippen LogP contribution in [0.1, 0.15) is 27.3 Å². The molecular weight excluding hydrogens is 364 g/mol. The van der Waals surface area contributed by atoms with E-state index in [9.17, 15) is 4.79 Å². The number of aromatic nitrogens is 2. The fourth-order valence-corrected chi connectivity index (χ4v) is 3.75. The molecule has 29 heavy (non-hydrogen) atoms. The van der Waals surface area contributed by atoms with Crippen LogP contribution in [0.15, 0.2) is 54.6 Å². The molecule has 2 heterocycles. The molecular formula is C23H26N4O2. The van der Waals surface area contributed by atoms with Crippen LogP contribution in [0.2, 0.25) is 0 Å². The molecule has 1 aromatic heterocycles. The van der Waals surface area contributed by atoms with E-state index in [0.29, 0.717) is 11.3 Å². The molecule has 0 radical (unpaired) electrons. The highest BCUT2D eigenvalue weighted by Crippen LogP contribution is 2.20. The van der Waals surface area contributed by atoms with Crippen LogP contribution in [0, 0.1) is 13.8 Å². The van der Waals surface area contributed by atoms with Gasteiger partial charge in [-0.25, -0.2) is 4.68 Å². The summed E-state index contributed by atoms with van der Waals surface area (Å²) < 4.78 is 7.23. The van der Waals surface area contributed by atoms with Crippen LogP contribution in [0.25, 0.3) is 5.69 Å². The first-order chi connectivity index (χ1) is 14.1. The van der Waals surface area contributed by atoms with E-state index in [2.05, 4.69) is 21.4 Å². The lowest BCUT2D eigenvalue weighted by molar-refractivity contribution is 0.0342. The maximum atomic E-state index is 13.0. The predicted octanol–water partition coefficient (Wildman–Crippen LogP) is 3.57. The van der Waals surface area contributed by atoms with Gasteiger partial charge in [0.1, 0.15) is 0 Å². The molecule has 1 aliphatic rings. The highest BCUT2D eigenvalue weighted by molar-refractivity contribution is 6.06. The number of carbonyl (C=O) groups is 1. The van der Waals surface area contributed by atoms with Gasteiger partial charge in [0.25, 0.3) is 5.91 Å². The average molecular weight is 390 g/mol. The van der Waals surface area contributed by atoms with Crippen molar-refractivity contribution in [3.05, 3.63) is 77.1 Å². The molecule has 6 heteroatoms. The SMILES string of the molecule is Cc1nn(-c2ccccc2)c(C)c1C(=O)Nc1cccc(CN2CCOCC2)c1. The summed E-state index contributed by atoms with van der Waals surface area (Å²) in [6, 6.07) is 17.9. The Balaban J connectivity index is 1.51. The molecule has 0 saturated carbocycles. The standard InChI is InChI=1S/C23H26N4O2/c1-17-22(18(2)27(25-17)21-9-4-3-5-10-21)23(28)24-20-8-6-7-19(15-20)16-26-11-13-29-14-12-26/h3-10,15H,11-14,16H2,1-2H3,(H,24,28). The van der Waals surface area contributed by atoms with E-state index >= 15 is 0 Å². The lowest BCUT2D eigenvalue weighted by Gasteiger charge is -2.26. The van der Waals surface area contributed by atoms with Gasteiger partial charge in [0.2, 0.25) is 0 Å². The number of ether oxygens (including phenoxy) is 1. The van der Waals surface area contributed by atoms with Gasteiger partial charge in [-0.3, -0.25) is 9.69 Å². The molecule has 2 aromatic carbocycles. The molecule has 1 saturated heterocycles. The smallest absolute Gasteiger partial charge is 0.259 e. The van der Waals surface area contributed by atoms with Crippen molar-refractivity contribution in [3.8, 4) is 5.69 Å². The molecule has 1 amide bonds. The summed E-state index contributed by atoms with van der Waals surface area (Å²) in [6.45, 7) is 8.09. The van der Waals surface area contributed by atoms with Crippen LogP contribution in [0.5, 0.6) is 0 Å². The Morgan fingerprint density at radius 1 is 1.07 bits per heavy atom. The Kier molecular flexibility index (Phi) is 5.74. The van der Waals surface area contributed by atoms with Crippen molar-refractivity contribution in [1.29, 1.82) is 0 Å². The number of nitrogens with one attached hydrogen (secondary N) is 1. The van der Waals surface area contributed by atoms with Crippen molar-refractivity contribution in [3.63, 3.8) is 0 Å². The number of aryl methyl sites for hydroxylation is 1. The van der Waals surface area contributed by atoms with Gasteiger partial charge in [-0.2, -0.15) is 5.10 Å². The zero-order chi connectivity index (χ0) is 20.2. The van der Waals surface area contributed by atoms with E-state index in [4.69, 9.17) is 4.74 Å². The second kappa shape index (κ2) is 8.59. The zero-order valence-corrected chi connectivity index (χ0v) is 16.9. The first-order valence-electron chi connectivity index (χ1n) is 9.94. The minimum Gasteiger partial charge on any atom is -0.379 e. The van der Waals surface area contributed by atoms with E-state index in [1.165, 1.54) is 5.56 Å². The number of nitrogens with zero attached hydrogens (tertiary/aromatic N) is 3. The summed E-state index contributed by atoms with van der Waals surface area (Å²) >= 11 is 0. The van der Waals surface area contributed by atoms with Gasteiger partial charge in [0, 0.05) is 25.3 Å². The number of anilines is 1. The van der Waals surface area contributed by atoms with Crippen LogP contribution in [-0.2, 0) is 11.3 Å². The lowest BCUT2D eigenvalue weighted by Crippen LogP contribution is -2.35. The summed E-state index contributed by atoms with van der Waals surface area (Å²) in [6.07, 6.45) is 0. The normalized spacial score (nSPS) is 14.7. The largest absolute Gasteiger partial charge is 0.379 e. The summed E-state index contributed by atoms with van der Waals surface area (Å²) in [4.78, 5) is 15.4. The van der Waals surface area contributed by atoms with Crippen LogP contribution < -0.4 is 5.32 Å². The van der Waals surface area contributed by atoms with Crippen LogP contribution in [0.3, 0.4) is 0 Å². The number of carbonyl (C=O) groups excluding carboxylic acids is 1. The quantitative estimate of drug-likeness (QED) is 0.724. The minimum atomic E-state index is -0.134. The van der Waals surface area contributed by atoms with Crippen LogP contribution in [-0.4, -0.2) is 46.9 Å². The fourth-order valence-electron chi connectivity index (χ4n) is 3.75. The van der Waals surface area contributed by atoms with E-state index in [1.54, 1.807) is 0 Å². The average Bonchev–Trinajstić information content (AvgIpc) is 3.04. The number of amides is 1. The molecule has 0 atom stereocenters. The van der Waals surface area contributed by atoms with Crippen molar-refractivity contribution in [2.75, 3.05) is 31.6 Å². The first kappa shape index (κ1) is 19.4. The van der Waals surface area contributed by atoms with Gasteiger partial charge in [0.15, 0.2) is 0 Å². The first-order valence-corrected chi connectivity index (χ1v) is 9.94. The Labute approximate surface area is 171 Å². The number of para-hydroxylation sites is 1. The zero-order valence-electron chi connectivity index (χ0n) is 16.9. The van der Waals surface area contributed by atoms with Gasteiger partial charge in [-0.05, 0) is 43.7 Å². The Morgan fingerprint density at radius 2 is 1.83 bits per heavy atom. The van der Waals surface area contributed by atoms with Crippen molar-refractivity contribution in [1.82, 2.24) is 14.7 Å². The maximum absolute atomic E-state index is 13.0. The lowest BCUT2D eigenvalue weighted by atomic mass is 10.1. The van der Waals surface area contributed by atoms with E-state index in [-0.39, 0.29) is 5.91 Å². The molecule has 150 valence electrons. The molecule has 1 fully saturated rings. The third-order valence-corrected chi connectivity index (χ3v) is 5.21. The summed E-state index contributed by atoms with van der Waals surface area (Å²) in [5.74, 6) is -0.134. The molecule has 0 bridgehead atoms. The van der Waals surface area contributed by atoms with E-state index in [1.807, 2.05) is 67.1 Å². The van der Waals surface area contributed by atoms with Crippen molar-refractivity contribution < 1.29 is 9.53 Å². The fraction of sp³-hybridized carbons (Fsp3) is 0.304. The number of rotatable bonds is 5. The Morgan fingerprint density at radius 3 is 2.59 bits per heavy atom. The second-order valence-electron chi connectivity index (χ2n) is 7.34. The van der Waals surface area contributed by atoms with E-state index < -0.39 is 0 Å². The van der Waals surface area contributed by atoms with Crippen molar-refractivity contribution >= 4 is 11.6 Å². The van der Waals surface area contributed by atoms with Crippen molar-refractivity contribution in [2.24, 2.45) is 0 Å². The molecule has 0 spiro atoms. The number of benzene rings is 2. The highest BCUT2D eigenvalue weighted by atomic mass is 16.5. The number of hydrogen-bond acceptors (Lipinski definition) is 4. The van der Waals surface area contributed by atoms with Crippen molar-refractivity contribution in [2.45, 2.75) is 20.4 Å². The van der Waals surface area contributed by atoms with Crippen LogP contribution >= 0.6 is 0 Å². The highest BCUT2D eigenvalue weighted by Gasteiger charge is 2.20. The van der Waals surface area contributed by atoms with Crippen LogP contribution in [0.4, 0.5) is 5.69 Å². The molecule has 4 rings (SSSR count). The molecule has 0 unspecified atom stereocenters. The second-order valence-corrected chi connectivity index (χ2v) is 7.34. The maximum Gasteiger partial charge on any atom is 0.259 e. The Hall–Kier alpha value is -2.96. The third-order valence-electron chi connectivity index (χ3n) is 5.21.